The predicted molar refractivity (Wildman–Crippen MR) is 141 cm³/mol. The van der Waals surface area contributed by atoms with Crippen molar-refractivity contribution in [1.29, 1.82) is 0 Å². The number of aromatic amines is 1. The number of quaternary nitrogens is 1. The number of carbonyl (C=O) groups excluding carboxylic acids is 1. The van der Waals surface area contributed by atoms with Gasteiger partial charge in [0.2, 0.25) is 17.3 Å². The molecule has 1 unspecified atom stereocenters. The minimum absolute atomic E-state index is 0.0849. The Morgan fingerprint density at radius 2 is 2.06 bits per heavy atom. The fourth-order valence-electron chi connectivity index (χ4n) is 4.43. The van der Waals surface area contributed by atoms with Crippen LogP contribution in [-0.4, -0.2) is 46.0 Å². The molecule has 0 radical (unpaired) electrons. The van der Waals surface area contributed by atoms with Gasteiger partial charge in [-0.05, 0) is 50.1 Å². The molecule has 0 aliphatic carbocycles. The van der Waals surface area contributed by atoms with Crippen LogP contribution in [0.5, 0.6) is 0 Å². The summed E-state index contributed by atoms with van der Waals surface area (Å²) in [6.45, 7) is 10.0. The molecular formula is C26H34N5O4S+. The van der Waals surface area contributed by atoms with Crippen LogP contribution in [-0.2, 0) is 29.0 Å². The van der Waals surface area contributed by atoms with E-state index in [1.165, 1.54) is 35.1 Å². The first-order valence-electron chi connectivity index (χ1n) is 12.1. The Morgan fingerprint density at radius 3 is 2.61 bits per heavy atom. The summed E-state index contributed by atoms with van der Waals surface area (Å²) >= 11 is 5.51. The summed E-state index contributed by atoms with van der Waals surface area (Å²) in [7, 11) is 2.25. The highest BCUT2D eigenvalue weighted by molar-refractivity contribution is 7.71. The second-order valence-electron chi connectivity index (χ2n) is 10.7. The largest absolute Gasteiger partial charge is 0.370 e. The SMILES string of the molecule is CC(C)C(=O)Nc1ccc(CCN)cc1[N+](=O)[O-].CC1(C)Cc2[nH]c(=S)c(C3=C4C[N+]43C)cc2CO1. The van der Waals surface area contributed by atoms with Crippen molar-refractivity contribution in [3.8, 4) is 0 Å². The molecule has 36 heavy (non-hydrogen) atoms. The van der Waals surface area contributed by atoms with E-state index in [1.54, 1.807) is 31.7 Å². The average molecular weight is 513 g/mol. The van der Waals surface area contributed by atoms with Crippen LogP contribution < -0.4 is 11.1 Å². The molecule has 3 aliphatic rings. The van der Waals surface area contributed by atoms with Crippen molar-refractivity contribution < 1.29 is 18.9 Å². The van der Waals surface area contributed by atoms with Gasteiger partial charge in [0.05, 0.1) is 29.7 Å². The molecule has 4 heterocycles. The fourth-order valence-corrected chi connectivity index (χ4v) is 4.71. The van der Waals surface area contributed by atoms with Crippen LogP contribution >= 0.6 is 12.2 Å². The number of nitrogens with one attached hydrogen (secondary N) is 2. The van der Waals surface area contributed by atoms with E-state index < -0.39 is 4.92 Å². The number of likely N-dealkylation sites (N-methyl/N-ethyl adjacent to an activating group) is 1. The number of hydrogen-bond acceptors (Lipinski definition) is 6. The molecule has 1 fully saturated rings. The van der Waals surface area contributed by atoms with Gasteiger partial charge in [0.25, 0.3) is 5.69 Å². The number of nitrogens with two attached hydrogens (primary N) is 1. The highest BCUT2D eigenvalue weighted by Crippen LogP contribution is 2.62. The molecule has 3 aliphatic heterocycles. The highest BCUT2D eigenvalue weighted by atomic mass is 32.1. The van der Waals surface area contributed by atoms with Crippen LogP contribution in [0.4, 0.5) is 11.4 Å². The van der Waals surface area contributed by atoms with Crippen LogP contribution in [0.25, 0.3) is 5.70 Å². The topological polar surface area (TPSA) is 123 Å². The Balaban J connectivity index is 0.000000169. The third-order valence-corrected chi connectivity index (χ3v) is 7.16. The van der Waals surface area contributed by atoms with Gasteiger partial charge in [-0.15, -0.1) is 0 Å². The number of aromatic nitrogens is 1. The van der Waals surface area contributed by atoms with Crippen molar-refractivity contribution in [2.45, 2.75) is 52.7 Å². The van der Waals surface area contributed by atoms with Gasteiger partial charge in [0.15, 0.2) is 6.54 Å². The molecule has 2 aromatic rings. The number of hydrogen-bond donors (Lipinski definition) is 3. The van der Waals surface area contributed by atoms with Crippen LogP contribution in [0.15, 0.2) is 30.0 Å². The summed E-state index contributed by atoms with van der Waals surface area (Å²) in [5.41, 5.74) is 12.9. The van der Waals surface area contributed by atoms with E-state index in [9.17, 15) is 14.9 Å². The number of rotatable bonds is 6. The van der Waals surface area contributed by atoms with Gasteiger partial charge >= 0.3 is 0 Å². The number of H-pyrrole nitrogens is 1. The molecule has 1 atom stereocenters. The lowest BCUT2D eigenvalue weighted by Gasteiger charge is -2.31. The zero-order valence-electron chi connectivity index (χ0n) is 21.4. The van der Waals surface area contributed by atoms with E-state index in [0.717, 1.165) is 21.1 Å². The van der Waals surface area contributed by atoms with Gasteiger partial charge in [0.1, 0.15) is 10.3 Å². The van der Waals surface area contributed by atoms with Gasteiger partial charge in [-0.3, -0.25) is 14.9 Å². The summed E-state index contributed by atoms with van der Waals surface area (Å²) in [6, 6.07) is 6.96. The van der Waals surface area contributed by atoms with Gasteiger partial charge in [-0.1, -0.05) is 32.1 Å². The zero-order valence-corrected chi connectivity index (χ0v) is 22.3. The number of anilines is 1. The van der Waals surface area contributed by atoms with Crippen molar-refractivity contribution >= 4 is 35.2 Å². The Morgan fingerprint density at radius 1 is 1.36 bits per heavy atom. The number of amides is 1. The Hall–Kier alpha value is -2.92. The van der Waals surface area contributed by atoms with E-state index in [1.807, 2.05) is 0 Å². The molecule has 1 aromatic carbocycles. The molecule has 0 saturated carbocycles. The van der Waals surface area contributed by atoms with Gasteiger partial charge in [-0.25, -0.2) is 4.48 Å². The zero-order chi connectivity index (χ0) is 26.4. The summed E-state index contributed by atoms with van der Waals surface area (Å²) < 4.78 is 7.81. The smallest absolute Gasteiger partial charge is 0.293 e. The highest BCUT2D eigenvalue weighted by Gasteiger charge is 2.71. The monoisotopic (exact) mass is 512 g/mol. The molecule has 0 bridgehead atoms. The first-order chi connectivity index (χ1) is 16.9. The van der Waals surface area contributed by atoms with Crippen molar-refractivity contribution in [1.82, 2.24) is 4.98 Å². The predicted octanol–water partition coefficient (Wildman–Crippen LogP) is 4.43. The lowest BCUT2D eigenvalue weighted by Crippen LogP contribution is -2.32. The number of nitro benzene ring substituents is 1. The number of fused-ring (bicyclic) bond motifs is 2. The molecule has 0 spiro atoms. The number of pyridine rings is 1. The number of ether oxygens (including phenoxy) is 1. The molecule has 5 rings (SSSR count). The Kier molecular flexibility index (Phi) is 6.91. The van der Waals surface area contributed by atoms with Crippen LogP contribution in [0.1, 0.15) is 50.1 Å². The average Bonchev–Trinajstić information content (AvgIpc) is 3.63. The molecule has 1 saturated heterocycles. The van der Waals surface area contributed by atoms with Crippen molar-refractivity contribution in [2.24, 2.45) is 11.7 Å². The Bertz CT molecular complexity index is 1330. The van der Waals surface area contributed by atoms with Gasteiger partial charge in [-0.2, -0.15) is 0 Å². The minimum atomic E-state index is -0.504. The quantitative estimate of drug-likeness (QED) is 0.173. The first-order valence-corrected chi connectivity index (χ1v) is 12.5. The van der Waals surface area contributed by atoms with E-state index in [2.05, 4.69) is 37.3 Å². The molecule has 4 N–H and O–H groups in total. The van der Waals surface area contributed by atoms with Crippen LogP contribution in [0.3, 0.4) is 0 Å². The summed E-state index contributed by atoms with van der Waals surface area (Å²) in [4.78, 5) is 25.4. The van der Waals surface area contributed by atoms with Gasteiger partial charge < -0.3 is 20.8 Å². The third-order valence-electron chi connectivity index (χ3n) is 6.84. The number of benzene rings is 1. The summed E-state index contributed by atoms with van der Waals surface area (Å²) in [5.74, 6) is -0.474. The molecule has 9 nitrogen and oxygen atoms in total. The molecule has 10 heteroatoms. The third kappa shape index (κ3) is 5.27. The van der Waals surface area contributed by atoms with E-state index in [4.69, 9.17) is 22.7 Å². The minimum Gasteiger partial charge on any atom is -0.370 e. The number of carbonyl (C=O) groups is 1. The maximum Gasteiger partial charge on any atom is 0.293 e. The summed E-state index contributed by atoms with van der Waals surface area (Å²) in [6.07, 6.45) is 1.48. The molecule has 192 valence electrons. The number of nitro groups is 1. The van der Waals surface area contributed by atoms with Crippen molar-refractivity contribution in [3.63, 3.8) is 0 Å². The maximum absolute atomic E-state index is 11.5. The lowest BCUT2D eigenvalue weighted by atomic mass is 9.95. The molecule has 1 amide bonds. The van der Waals surface area contributed by atoms with Crippen molar-refractivity contribution in [3.05, 3.63) is 67.1 Å². The molecule has 1 aromatic heterocycles. The van der Waals surface area contributed by atoms with E-state index in [-0.39, 0.29) is 28.8 Å². The van der Waals surface area contributed by atoms with Crippen LogP contribution in [0, 0.1) is 20.7 Å². The normalized spacial score (nSPS) is 20.6. The van der Waals surface area contributed by atoms with Crippen LogP contribution in [0.2, 0.25) is 0 Å². The Labute approximate surface area is 216 Å². The second-order valence-corrected chi connectivity index (χ2v) is 11.1. The summed E-state index contributed by atoms with van der Waals surface area (Å²) in [5, 5.41) is 13.5. The standard InChI is InChI=1S/C14H16N2OS.C12H17N3O3/c1-14(2)5-10-8(7-17-14)4-9(13(18)15-10)12-11-6-16(11,12)3;1-8(2)12(16)14-10-4-3-9(5-6-13)7-11(10)15(17)18/h4H,5-7H2,1-3H3;3-4,7-8H,5-6,13H2,1-2H3,(H,14,16)/p+1. The lowest BCUT2D eigenvalue weighted by molar-refractivity contribution is -0.627. The second kappa shape index (κ2) is 9.51. The maximum atomic E-state index is 11.5. The van der Waals surface area contributed by atoms with Gasteiger partial charge in [0, 0.05) is 24.1 Å². The van der Waals surface area contributed by atoms with Crippen molar-refractivity contribution in [2.75, 3.05) is 25.5 Å². The molecular weight excluding hydrogens is 478 g/mol. The van der Waals surface area contributed by atoms with E-state index in [0.29, 0.717) is 19.6 Å². The fraction of sp³-hybridized carbons (Fsp3) is 0.462. The first kappa shape index (κ1) is 26.2. The number of nitrogens with zero attached hydrogens (tertiary/aromatic N) is 2. The van der Waals surface area contributed by atoms with E-state index >= 15 is 0 Å².